The minimum atomic E-state index is -0.279. The Morgan fingerprint density at radius 2 is 2.05 bits per heavy atom. The first-order valence-corrected chi connectivity index (χ1v) is 7.18. The van der Waals surface area contributed by atoms with E-state index in [0.717, 1.165) is 12.8 Å². The zero-order valence-electron chi connectivity index (χ0n) is 11.8. The number of rotatable bonds is 5. The van der Waals surface area contributed by atoms with Gasteiger partial charge in [0.1, 0.15) is 10.7 Å². The predicted octanol–water partition coefficient (Wildman–Crippen LogP) is 0.142. The smallest absolute Gasteiger partial charge is 0.268 e. The molecule has 110 valence electrons. The Bertz CT molecular complexity index is 524. The van der Waals surface area contributed by atoms with E-state index in [-0.39, 0.29) is 24.2 Å². The molecule has 0 spiro atoms. The van der Waals surface area contributed by atoms with Crippen molar-refractivity contribution >= 4 is 34.1 Å². The molecule has 1 heterocycles. The number of aromatic nitrogens is 1. The number of nitrogens with zero attached hydrogens (tertiary/aromatic N) is 3. The summed E-state index contributed by atoms with van der Waals surface area (Å²) in [5.41, 5.74) is 5.76. The van der Waals surface area contributed by atoms with Crippen molar-refractivity contribution in [3.8, 4) is 0 Å². The van der Waals surface area contributed by atoms with Crippen molar-refractivity contribution in [3.05, 3.63) is 4.88 Å². The highest BCUT2D eigenvalue weighted by Crippen LogP contribution is 2.27. The van der Waals surface area contributed by atoms with E-state index in [0.29, 0.717) is 16.1 Å². The van der Waals surface area contributed by atoms with Gasteiger partial charge in [0.15, 0.2) is 5.13 Å². The molecule has 0 aromatic carbocycles. The number of nitrogens with two attached hydrogens (primary N) is 1. The van der Waals surface area contributed by atoms with Crippen LogP contribution < -0.4 is 16.0 Å². The standard InChI is InChI=1S/C12H19N5O2S/c1-16(2)12-15-10(13)9(20-12)11(19)17(3)6-8(18)14-7-4-5-7/h7H,4-6,13H2,1-3H3,(H,14,18). The van der Waals surface area contributed by atoms with E-state index in [9.17, 15) is 9.59 Å². The van der Waals surface area contributed by atoms with Crippen LogP contribution in [-0.2, 0) is 4.79 Å². The van der Waals surface area contributed by atoms with Crippen molar-refractivity contribution in [2.24, 2.45) is 0 Å². The number of hydrogen-bond donors (Lipinski definition) is 2. The summed E-state index contributed by atoms with van der Waals surface area (Å²) in [6, 6.07) is 0.291. The fourth-order valence-electron chi connectivity index (χ4n) is 1.63. The molecule has 1 aliphatic rings. The Hall–Kier alpha value is -1.83. The molecule has 1 aliphatic carbocycles. The van der Waals surface area contributed by atoms with Gasteiger partial charge in [-0.25, -0.2) is 4.98 Å². The van der Waals surface area contributed by atoms with Crippen LogP contribution in [0.3, 0.4) is 0 Å². The Labute approximate surface area is 121 Å². The highest BCUT2D eigenvalue weighted by Gasteiger charge is 2.26. The zero-order chi connectivity index (χ0) is 14.9. The quantitative estimate of drug-likeness (QED) is 0.807. The molecule has 20 heavy (non-hydrogen) atoms. The summed E-state index contributed by atoms with van der Waals surface area (Å²) >= 11 is 1.22. The van der Waals surface area contributed by atoms with Crippen LogP contribution in [0.1, 0.15) is 22.5 Å². The van der Waals surface area contributed by atoms with Crippen LogP contribution in [0.2, 0.25) is 0 Å². The molecule has 1 aromatic rings. The van der Waals surface area contributed by atoms with Gasteiger partial charge in [0.05, 0.1) is 6.54 Å². The average molecular weight is 297 g/mol. The number of carbonyl (C=O) groups excluding carboxylic acids is 2. The number of carbonyl (C=O) groups is 2. The van der Waals surface area contributed by atoms with Crippen LogP contribution in [0.25, 0.3) is 0 Å². The van der Waals surface area contributed by atoms with Crippen LogP contribution in [0.4, 0.5) is 10.9 Å². The van der Waals surface area contributed by atoms with Crippen LogP contribution in [0.15, 0.2) is 0 Å². The Balaban J connectivity index is 2.00. The Morgan fingerprint density at radius 1 is 1.40 bits per heavy atom. The molecule has 8 heteroatoms. The first kappa shape index (κ1) is 14.6. The lowest BCUT2D eigenvalue weighted by Gasteiger charge is -2.15. The maximum atomic E-state index is 12.3. The molecule has 1 saturated carbocycles. The number of nitrogens with one attached hydrogen (secondary N) is 1. The van der Waals surface area contributed by atoms with Gasteiger partial charge < -0.3 is 20.9 Å². The molecule has 1 aromatic heterocycles. The lowest BCUT2D eigenvalue weighted by molar-refractivity contribution is -0.121. The fraction of sp³-hybridized carbons (Fsp3) is 0.583. The van der Waals surface area contributed by atoms with E-state index in [1.807, 2.05) is 14.1 Å². The van der Waals surface area contributed by atoms with E-state index in [1.165, 1.54) is 16.2 Å². The highest BCUT2D eigenvalue weighted by molar-refractivity contribution is 7.18. The maximum Gasteiger partial charge on any atom is 0.268 e. The van der Waals surface area contributed by atoms with Crippen molar-refractivity contribution in [2.45, 2.75) is 18.9 Å². The average Bonchev–Trinajstić information content (AvgIpc) is 3.08. The van der Waals surface area contributed by atoms with Gasteiger partial charge in [-0.2, -0.15) is 0 Å². The molecule has 0 aliphatic heterocycles. The molecule has 0 atom stereocenters. The van der Waals surface area contributed by atoms with Gasteiger partial charge >= 0.3 is 0 Å². The van der Waals surface area contributed by atoms with Crippen molar-refractivity contribution in [1.29, 1.82) is 0 Å². The Kier molecular flexibility index (Phi) is 4.12. The topological polar surface area (TPSA) is 91.6 Å². The molecule has 2 rings (SSSR count). The molecule has 1 fully saturated rings. The minimum Gasteiger partial charge on any atom is -0.382 e. The summed E-state index contributed by atoms with van der Waals surface area (Å²) in [5.74, 6) is -0.212. The van der Waals surface area contributed by atoms with Crippen molar-refractivity contribution in [3.63, 3.8) is 0 Å². The molecular formula is C12H19N5O2S. The summed E-state index contributed by atoms with van der Waals surface area (Å²) < 4.78 is 0. The third kappa shape index (κ3) is 3.38. The largest absolute Gasteiger partial charge is 0.382 e. The minimum absolute atomic E-state index is 0.0317. The molecular weight excluding hydrogens is 278 g/mol. The number of anilines is 2. The van der Waals surface area contributed by atoms with Crippen LogP contribution in [-0.4, -0.2) is 55.4 Å². The summed E-state index contributed by atoms with van der Waals surface area (Å²) in [5, 5.41) is 3.51. The maximum absolute atomic E-state index is 12.3. The highest BCUT2D eigenvalue weighted by atomic mass is 32.1. The molecule has 3 N–H and O–H groups in total. The summed E-state index contributed by atoms with van der Waals surface area (Å²) in [7, 11) is 5.25. The van der Waals surface area contributed by atoms with Gasteiger partial charge in [-0.1, -0.05) is 11.3 Å². The van der Waals surface area contributed by atoms with E-state index in [2.05, 4.69) is 10.3 Å². The number of likely N-dealkylation sites (N-methyl/N-ethyl adjacent to an activating group) is 1. The van der Waals surface area contributed by atoms with Crippen LogP contribution in [0.5, 0.6) is 0 Å². The second kappa shape index (κ2) is 5.66. The van der Waals surface area contributed by atoms with E-state index >= 15 is 0 Å². The number of thiazole rings is 1. The third-order valence-electron chi connectivity index (χ3n) is 2.89. The van der Waals surface area contributed by atoms with Crippen molar-refractivity contribution in [2.75, 3.05) is 38.3 Å². The summed E-state index contributed by atoms with van der Waals surface area (Å²) in [6.45, 7) is 0.0317. The monoisotopic (exact) mass is 297 g/mol. The first-order chi connectivity index (χ1) is 9.38. The van der Waals surface area contributed by atoms with Gasteiger partial charge in [0.25, 0.3) is 5.91 Å². The van der Waals surface area contributed by atoms with Crippen LogP contribution >= 0.6 is 11.3 Å². The second-order valence-electron chi connectivity index (χ2n) is 5.11. The fourth-order valence-corrected chi connectivity index (χ4v) is 2.53. The van der Waals surface area contributed by atoms with E-state index < -0.39 is 0 Å². The molecule has 0 radical (unpaired) electrons. The molecule has 2 amide bonds. The van der Waals surface area contributed by atoms with Crippen molar-refractivity contribution in [1.82, 2.24) is 15.2 Å². The lowest BCUT2D eigenvalue weighted by atomic mass is 10.4. The predicted molar refractivity (Wildman–Crippen MR) is 79.0 cm³/mol. The van der Waals surface area contributed by atoms with E-state index in [1.54, 1.807) is 11.9 Å². The zero-order valence-corrected chi connectivity index (χ0v) is 12.7. The SMILES string of the molecule is CN(CC(=O)NC1CC1)C(=O)c1sc(N(C)C)nc1N. The molecule has 0 unspecified atom stereocenters. The lowest BCUT2D eigenvalue weighted by Crippen LogP contribution is -2.39. The van der Waals surface area contributed by atoms with Crippen molar-refractivity contribution < 1.29 is 9.59 Å². The van der Waals surface area contributed by atoms with Gasteiger partial charge in [-0.3, -0.25) is 9.59 Å². The number of nitrogen functional groups attached to an aromatic ring is 1. The molecule has 0 bridgehead atoms. The molecule has 7 nitrogen and oxygen atoms in total. The second-order valence-corrected chi connectivity index (χ2v) is 6.09. The van der Waals surface area contributed by atoms with Gasteiger partial charge in [0, 0.05) is 27.2 Å². The number of amides is 2. The van der Waals surface area contributed by atoms with Gasteiger partial charge in [-0.05, 0) is 12.8 Å². The first-order valence-electron chi connectivity index (χ1n) is 6.37. The summed E-state index contributed by atoms with van der Waals surface area (Å²) in [4.78, 5) is 31.6. The normalized spacial score (nSPS) is 13.9. The number of hydrogen-bond acceptors (Lipinski definition) is 6. The summed E-state index contributed by atoms with van der Waals surface area (Å²) in [6.07, 6.45) is 2.05. The third-order valence-corrected chi connectivity index (χ3v) is 4.12. The van der Waals surface area contributed by atoms with E-state index in [4.69, 9.17) is 5.73 Å². The van der Waals surface area contributed by atoms with Gasteiger partial charge in [-0.15, -0.1) is 0 Å². The Morgan fingerprint density at radius 3 is 2.55 bits per heavy atom. The molecule has 0 saturated heterocycles. The van der Waals surface area contributed by atoms with Gasteiger partial charge in [0.2, 0.25) is 5.91 Å². The van der Waals surface area contributed by atoms with Crippen LogP contribution in [0, 0.1) is 0 Å².